The molecular weight excluding hydrogens is 218 g/mol. The molecule has 0 bridgehead atoms. The van der Waals surface area contributed by atoms with E-state index >= 15 is 0 Å². The van der Waals surface area contributed by atoms with Crippen LogP contribution in [0.1, 0.15) is 13.8 Å². The van der Waals surface area contributed by atoms with E-state index in [1.165, 1.54) is 6.92 Å². The number of halogens is 1. The maximum atomic E-state index is 11.1. The molecule has 88 valence electrons. The van der Waals surface area contributed by atoms with Gasteiger partial charge in [-0.3, -0.25) is 10.1 Å². The van der Waals surface area contributed by atoms with Crippen LogP contribution < -0.4 is 10.6 Å². The zero-order valence-electron chi connectivity index (χ0n) is 9.34. The molecule has 1 unspecified atom stereocenters. The summed E-state index contributed by atoms with van der Waals surface area (Å²) in [5, 5.41) is 3.99. The highest BCUT2D eigenvalue weighted by molar-refractivity contribution is 6.31. The van der Waals surface area contributed by atoms with E-state index in [2.05, 4.69) is 10.6 Å². The molecule has 0 rings (SSSR count). The SMILES string of the molecule is CCN(C)CCNC(=O)NC(=O)C(C)Cl. The summed E-state index contributed by atoms with van der Waals surface area (Å²) in [4.78, 5) is 24.1. The number of amides is 3. The third-order valence-electron chi connectivity index (χ3n) is 1.92. The molecule has 5 nitrogen and oxygen atoms in total. The van der Waals surface area contributed by atoms with E-state index in [1.807, 2.05) is 18.9 Å². The highest BCUT2D eigenvalue weighted by atomic mass is 35.5. The van der Waals surface area contributed by atoms with Gasteiger partial charge in [-0.15, -0.1) is 11.6 Å². The van der Waals surface area contributed by atoms with E-state index in [9.17, 15) is 9.59 Å². The Kier molecular flexibility index (Phi) is 7.07. The minimum Gasteiger partial charge on any atom is -0.337 e. The van der Waals surface area contributed by atoms with Crippen LogP contribution in [0.25, 0.3) is 0 Å². The highest BCUT2D eigenvalue weighted by Gasteiger charge is 2.12. The number of urea groups is 1. The van der Waals surface area contributed by atoms with Crippen molar-refractivity contribution in [1.82, 2.24) is 15.5 Å². The molecule has 0 aliphatic carbocycles. The predicted molar refractivity (Wildman–Crippen MR) is 60.0 cm³/mol. The van der Waals surface area contributed by atoms with Crippen molar-refractivity contribution < 1.29 is 9.59 Å². The Labute approximate surface area is 95.1 Å². The number of alkyl halides is 1. The van der Waals surface area contributed by atoms with Crippen molar-refractivity contribution in [3.8, 4) is 0 Å². The van der Waals surface area contributed by atoms with Gasteiger partial charge in [0.15, 0.2) is 0 Å². The molecule has 0 spiro atoms. The van der Waals surface area contributed by atoms with Crippen molar-refractivity contribution in [3.63, 3.8) is 0 Å². The number of imide groups is 1. The van der Waals surface area contributed by atoms with Crippen molar-refractivity contribution in [2.75, 3.05) is 26.7 Å². The predicted octanol–water partition coefficient (Wildman–Crippen LogP) is 0.391. The molecule has 6 heteroatoms. The maximum absolute atomic E-state index is 11.1. The lowest BCUT2D eigenvalue weighted by atomic mass is 10.4. The largest absolute Gasteiger partial charge is 0.337 e. The fourth-order valence-electron chi connectivity index (χ4n) is 0.774. The first-order valence-electron chi connectivity index (χ1n) is 4.88. The summed E-state index contributed by atoms with van der Waals surface area (Å²) in [5.74, 6) is -0.488. The molecule has 0 saturated carbocycles. The number of nitrogens with zero attached hydrogens (tertiary/aromatic N) is 1. The number of hydrogen-bond donors (Lipinski definition) is 2. The third-order valence-corrected chi connectivity index (χ3v) is 2.12. The van der Waals surface area contributed by atoms with E-state index in [0.29, 0.717) is 6.54 Å². The second-order valence-electron chi connectivity index (χ2n) is 3.26. The Balaban J connectivity index is 3.62. The quantitative estimate of drug-likeness (QED) is 0.678. The van der Waals surface area contributed by atoms with Gasteiger partial charge in [0, 0.05) is 13.1 Å². The van der Waals surface area contributed by atoms with E-state index in [-0.39, 0.29) is 0 Å². The van der Waals surface area contributed by atoms with Gasteiger partial charge in [0.25, 0.3) is 0 Å². The fourth-order valence-corrected chi connectivity index (χ4v) is 0.828. The van der Waals surface area contributed by atoms with Crippen LogP contribution in [0.5, 0.6) is 0 Å². The smallest absolute Gasteiger partial charge is 0.321 e. The molecule has 0 radical (unpaired) electrons. The number of rotatable bonds is 5. The molecule has 15 heavy (non-hydrogen) atoms. The van der Waals surface area contributed by atoms with Crippen LogP contribution in [0.15, 0.2) is 0 Å². The van der Waals surface area contributed by atoms with Gasteiger partial charge in [-0.1, -0.05) is 6.92 Å². The first kappa shape index (κ1) is 14.2. The summed E-state index contributed by atoms with van der Waals surface area (Å²) in [6, 6.07) is -0.503. The Bertz CT molecular complexity index is 221. The minimum absolute atomic E-state index is 0.488. The standard InChI is InChI=1S/C9H18ClN3O2/c1-4-13(3)6-5-11-9(15)12-8(14)7(2)10/h7H,4-6H2,1-3H3,(H2,11,12,14,15). The van der Waals surface area contributed by atoms with Gasteiger partial charge >= 0.3 is 6.03 Å². The molecule has 0 fully saturated rings. The number of likely N-dealkylation sites (N-methyl/N-ethyl adjacent to an activating group) is 1. The zero-order valence-corrected chi connectivity index (χ0v) is 10.1. The number of carbonyl (C=O) groups excluding carboxylic acids is 2. The lowest BCUT2D eigenvalue weighted by Gasteiger charge is -2.14. The summed E-state index contributed by atoms with van der Waals surface area (Å²) in [6.07, 6.45) is 0. The van der Waals surface area contributed by atoms with Gasteiger partial charge in [0.2, 0.25) is 5.91 Å². The fraction of sp³-hybridized carbons (Fsp3) is 0.778. The van der Waals surface area contributed by atoms with E-state index in [1.54, 1.807) is 0 Å². The monoisotopic (exact) mass is 235 g/mol. The molecule has 0 saturated heterocycles. The molecule has 0 aliphatic rings. The van der Waals surface area contributed by atoms with Crippen molar-refractivity contribution in [1.29, 1.82) is 0 Å². The van der Waals surface area contributed by atoms with Crippen LogP contribution in [0.3, 0.4) is 0 Å². The molecule has 0 aromatic rings. The second-order valence-corrected chi connectivity index (χ2v) is 3.91. The van der Waals surface area contributed by atoms with E-state index in [0.717, 1.165) is 13.1 Å². The number of nitrogens with one attached hydrogen (secondary N) is 2. The molecule has 2 N–H and O–H groups in total. The molecule has 0 aromatic heterocycles. The zero-order chi connectivity index (χ0) is 11.8. The van der Waals surface area contributed by atoms with Crippen LogP contribution in [0.2, 0.25) is 0 Å². The van der Waals surface area contributed by atoms with Gasteiger partial charge in [-0.25, -0.2) is 4.79 Å². The molecule has 0 aromatic carbocycles. The summed E-state index contributed by atoms with van der Waals surface area (Å²) >= 11 is 5.48. The summed E-state index contributed by atoms with van der Waals surface area (Å²) < 4.78 is 0. The minimum atomic E-state index is -0.700. The average Bonchev–Trinajstić information content (AvgIpc) is 2.17. The Hall–Kier alpha value is -0.810. The summed E-state index contributed by atoms with van der Waals surface area (Å²) in [7, 11) is 1.95. The van der Waals surface area contributed by atoms with Crippen molar-refractivity contribution >= 4 is 23.5 Å². The van der Waals surface area contributed by atoms with E-state index < -0.39 is 17.3 Å². The summed E-state index contributed by atoms with van der Waals surface area (Å²) in [6.45, 7) is 5.70. The molecule has 0 heterocycles. The highest BCUT2D eigenvalue weighted by Crippen LogP contribution is 1.91. The van der Waals surface area contributed by atoms with Gasteiger partial charge in [-0.05, 0) is 20.5 Å². The Morgan fingerprint density at radius 1 is 1.47 bits per heavy atom. The van der Waals surface area contributed by atoms with E-state index in [4.69, 9.17) is 11.6 Å². The Morgan fingerprint density at radius 2 is 2.07 bits per heavy atom. The van der Waals surface area contributed by atoms with Crippen molar-refractivity contribution in [3.05, 3.63) is 0 Å². The lowest BCUT2D eigenvalue weighted by molar-refractivity contribution is -0.119. The van der Waals surface area contributed by atoms with Crippen molar-refractivity contribution in [2.24, 2.45) is 0 Å². The normalized spacial score (nSPS) is 12.3. The Morgan fingerprint density at radius 3 is 2.53 bits per heavy atom. The summed E-state index contributed by atoms with van der Waals surface area (Å²) in [5.41, 5.74) is 0. The van der Waals surface area contributed by atoms with Gasteiger partial charge in [-0.2, -0.15) is 0 Å². The molecule has 3 amide bonds. The lowest BCUT2D eigenvalue weighted by Crippen LogP contribution is -2.44. The van der Waals surface area contributed by atoms with Crippen LogP contribution in [0, 0.1) is 0 Å². The number of carbonyl (C=O) groups is 2. The van der Waals surface area contributed by atoms with Gasteiger partial charge in [0.05, 0.1) is 0 Å². The average molecular weight is 236 g/mol. The van der Waals surface area contributed by atoms with Gasteiger partial charge < -0.3 is 10.2 Å². The topological polar surface area (TPSA) is 61.4 Å². The van der Waals surface area contributed by atoms with Gasteiger partial charge in [0.1, 0.15) is 5.38 Å². The first-order chi connectivity index (χ1) is 6.97. The molecular formula is C9H18ClN3O2. The van der Waals surface area contributed by atoms with Crippen LogP contribution in [-0.2, 0) is 4.79 Å². The van der Waals surface area contributed by atoms with Crippen LogP contribution in [0.4, 0.5) is 4.79 Å². The molecule has 1 atom stereocenters. The number of hydrogen-bond acceptors (Lipinski definition) is 3. The van der Waals surface area contributed by atoms with Crippen LogP contribution >= 0.6 is 11.6 Å². The first-order valence-corrected chi connectivity index (χ1v) is 5.32. The molecule has 0 aliphatic heterocycles. The van der Waals surface area contributed by atoms with Crippen LogP contribution in [-0.4, -0.2) is 48.9 Å². The maximum Gasteiger partial charge on any atom is 0.321 e. The third kappa shape index (κ3) is 7.16. The van der Waals surface area contributed by atoms with Crippen molar-refractivity contribution in [2.45, 2.75) is 19.2 Å². The second kappa shape index (κ2) is 7.48.